The van der Waals surface area contributed by atoms with Crippen molar-refractivity contribution < 1.29 is 13.2 Å². The van der Waals surface area contributed by atoms with E-state index in [0.717, 1.165) is 0 Å². The molecule has 0 bridgehead atoms. The molecule has 7 heteroatoms. The number of nitrogens with zero attached hydrogens (tertiary/aromatic N) is 1. The minimum atomic E-state index is -3.14. The number of carbonyl (C=O) groups is 1. The van der Waals surface area contributed by atoms with Crippen molar-refractivity contribution in [3.63, 3.8) is 0 Å². The zero-order chi connectivity index (χ0) is 14.5. The summed E-state index contributed by atoms with van der Waals surface area (Å²) in [5, 5.41) is 3.10. The van der Waals surface area contributed by atoms with Crippen molar-refractivity contribution in [1.29, 1.82) is 0 Å². The average molecular weight is 291 g/mol. The Morgan fingerprint density at radius 1 is 1.32 bits per heavy atom. The summed E-state index contributed by atoms with van der Waals surface area (Å²) >= 11 is 0. The van der Waals surface area contributed by atoms with Gasteiger partial charge in [-0.25, -0.2) is 13.1 Å². The van der Waals surface area contributed by atoms with E-state index in [1.807, 2.05) is 13.8 Å². The van der Waals surface area contributed by atoms with Gasteiger partial charge in [0.2, 0.25) is 15.9 Å². The van der Waals surface area contributed by atoms with Crippen molar-refractivity contribution in [1.82, 2.24) is 14.9 Å². The Morgan fingerprint density at radius 3 is 2.37 bits per heavy atom. The van der Waals surface area contributed by atoms with Gasteiger partial charge in [0.25, 0.3) is 0 Å². The van der Waals surface area contributed by atoms with Crippen LogP contribution < -0.4 is 10.0 Å². The molecule has 0 unspecified atom stereocenters. The number of hydrogen-bond donors (Lipinski definition) is 2. The number of sulfonamides is 1. The number of rotatable bonds is 6. The van der Waals surface area contributed by atoms with Crippen molar-refractivity contribution in [3.05, 3.63) is 0 Å². The quantitative estimate of drug-likeness (QED) is 0.717. The normalized spacial score (nSPS) is 18.0. The maximum atomic E-state index is 11.9. The van der Waals surface area contributed by atoms with E-state index in [1.165, 1.54) is 0 Å². The van der Waals surface area contributed by atoms with Gasteiger partial charge in [-0.15, -0.1) is 0 Å². The van der Waals surface area contributed by atoms with Gasteiger partial charge in [0.15, 0.2) is 0 Å². The summed E-state index contributed by atoms with van der Waals surface area (Å²) in [7, 11) is -3.14. The second kappa shape index (κ2) is 7.21. The molecule has 0 radical (unpaired) electrons. The van der Waals surface area contributed by atoms with Crippen LogP contribution in [-0.4, -0.2) is 56.7 Å². The fourth-order valence-electron chi connectivity index (χ4n) is 1.99. The highest BCUT2D eigenvalue weighted by Gasteiger charge is 2.24. The number of likely N-dealkylation sites (tertiary alicyclic amines) is 1. The van der Waals surface area contributed by atoms with Gasteiger partial charge in [0.05, 0.1) is 12.3 Å². The highest BCUT2D eigenvalue weighted by atomic mass is 32.2. The van der Waals surface area contributed by atoms with Gasteiger partial charge in [-0.05, 0) is 19.8 Å². The third kappa shape index (κ3) is 5.88. The maximum Gasteiger partial charge on any atom is 0.236 e. The van der Waals surface area contributed by atoms with Crippen LogP contribution in [0.2, 0.25) is 0 Å². The molecule has 0 atom stereocenters. The number of piperidine rings is 1. The van der Waals surface area contributed by atoms with Crippen LogP contribution in [0.4, 0.5) is 0 Å². The highest BCUT2D eigenvalue weighted by molar-refractivity contribution is 7.89. The van der Waals surface area contributed by atoms with Gasteiger partial charge in [-0.1, -0.05) is 13.8 Å². The second-order valence-electron chi connectivity index (χ2n) is 5.21. The molecule has 0 saturated carbocycles. The van der Waals surface area contributed by atoms with Crippen LogP contribution in [0.1, 0.15) is 33.6 Å². The molecule has 0 aromatic carbocycles. The largest absolute Gasteiger partial charge is 0.341 e. The van der Waals surface area contributed by atoms with Crippen LogP contribution in [0.15, 0.2) is 0 Å². The van der Waals surface area contributed by atoms with E-state index in [4.69, 9.17) is 0 Å². The van der Waals surface area contributed by atoms with Crippen LogP contribution in [0.25, 0.3) is 0 Å². The van der Waals surface area contributed by atoms with Crippen molar-refractivity contribution >= 4 is 15.9 Å². The summed E-state index contributed by atoms with van der Waals surface area (Å²) in [6.45, 7) is 7.21. The Kier molecular flexibility index (Phi) is 6.22. The van der Waals surface area contributed by atoms with Crippen LogP contribution in [0.3, 0.4) is 0 Å². The Balaban J connectivity index is 2.34. The molecule has 2 N–H and O–H groups in total. The second-order valence-corrected chi connectivity index (χ2v) is 7.25. The lowest BCUT2D eigenvalue weighted by atomic mass is 10.1. The number of hydrogen-bond acceptors (Lipinski definition) is 4. The summed E-state index contributed by atoms with van der Waals surface area (Å²) in [5.41, 5.74) is 0. The molecule has 1 fully saturated rings. The van der Waals surface area contributed by atoms with E-state index in [9.17, 15) is 13.2 Å². The third-order valence-electron chi connectivity index (χ3n) is 3.24. The number of nitrogens with one attached hydrogen (secondary N) is 2. The Labute approximate surface area is 116 Å². The fourth-order valence-corrected chi connectivity index (χ4v) is 2.90. The minimum absolute atomic E-state index is 0.0351. The Bertz CT molecular complexity index is 387. The molecule has 6 nitrogen and oxygen atoms in total. The number of amides is 1. The van der Waals surface area contributed by atoms with Gasteiger partial charge in [-0.2, -0.15) is 0 Å². The minimum Gasteiger partial charge on any atom is -0.341 e. The van der Waals surface area contributed by atoms with Gasteiger partial charge in [-0.3, -0.25) is 4.79 Å². The Morgan fingerprint density at radius 2 is 1.89 bits per heavy atom. The van der Waals surface area contributed by atoms with Crippen LogP contribution in [-0.2, 0) is 14.8 Å². The van der Waals surface area contributed by atoms with Crippen molar-refractivity contribution in [2.45, 2.75) is 45.7 Å². The van der Waals surface area contributed by atoms with E-state index in [1.54, 1.807) is 11.8 Å². The van der Waals surface area contributed by atoms with E-state index in [-0.39, 0.29) is 23.7 Å². The van der Waals surface area contributed by atoms with Crippen LogP contribution in [0, 0.1) is 0 Å². The lowest BCUT2D eigenvalue weighted by Gasteiger charge is -2.32. The topological polar surface area (TPSA) is 78.5 Å². The summed E-state index contributed by atoms with van der Waals surface area (Å²) in [4.78, 5) is 13.7. The lowest BCUT2D eigenvalue weighted by Crippen LogP contribution is -2.49. The molecule has 1 saturated heterocycles. The molecule has 19 heavy (non-hydrogen) atoms. The first kappa shape index (κ1) is 16.4. The SMILES string of the molecule is CCS(=O)(=O)NC1CCN(C(=O)CNC(C)C)CC1. The summed E-state index contributed by atoms with van der Waals surface area (Å²) in [6, 6.07) is 0.255. The molecule has 112 valence electrons. The molecule has 1 amide bonds. The molecule has 1 aliphatic rings. The maximum absolute atomic E-state index is 11.9. The first-order valence-electron chi connectivity index (χ1n) is 6.85. The predicted molar refractivity (Wildman–Crippen MR) is 75.3 cm³/mol. The lowest BCUT2D eigenvalue weighted by molar-refractivity contribution is -0.131. The molecule has 0 spiro atoms. The molecular weight excluding hydrogens is 266 g/mol. The fraction of sp³-hybridized carbons (Fsp3) is 0.917. The first-order chi connectivity index (χ1) is 8.84. The Hall–Kier alpha value is -0.660. The molecule has 1 rings (SSSR count). The molecule has 1 aliphatic heterocycles. The van der Waals surface area contributed by atoms with E-state index in [2.05, 4.69) is 10.0 Å². The monoisotopic (exact) mass is 291 g/mol. The van der Waals surface area contributed by atoms with Crippen molar-refractivity contribution in [2.24, 2.45) is 0 Å². The molecule has 0 aromatic rings. The van der Waals surface area contributed by atoms with Gasteiger partial charge < -0.3 is 10.2 Å². The summed E-state index contributed by atoms with van der Waals surface area (Å²) in [6.07, 6.45) is 1.37. The molecule has 1 heterocycles. The van der Waals surface area contributed by atoms with Gasteiger partial charge >= 0.3 is 0 Å². The van der Waals surface area contributed by atoms with Crippen molar-refractivity contribution in [3.8, 4) is 0 Å². The summed E-state index contributed by atoms with van der Waals surface area (Å²) < 4.78 is 25.6. The van der Waals surface area contributed by atoms with Crippen molar-refractivity contribution in [2.75, 3.05) is 25.4 Å². The van der Waals surface area contributed by atoms with E-state index >= 15 is 0 Å². The number of carbonyl (C=O) groups excluding carboxylic acids is 1. The average Bonchev–Trinajstić information content (AvgIpc) is 2.36. The molecule has 0 aliphatic carbocycles. The van der Waals surface area contributed by atoms with Gasteiger partial charge in [0.1, 0.15) is 0 Å². The zero-order valence-electron chi connectivity index (χ0n) is 12.0. The molecule has 0 aromatic heterocycles. The zero-order valence-corrected chi connectivity index (χ0v) is 12.8. The standard InChI is InChI=1S/C12H25N3O3S/c1-4-19(17,18)14-11-5-7-15(8-6-11)12(16)9-13-10(2)3/h10-11,13-14H,4-9H2,1-3H3. The first-order valence-corrected chi connectivity index (χ1v) is 8.50. The molecular formula is C12H25N3O3S. The van der Waals surface area contributed by atoms with E-state index < -0.39 is 10.0 Å². The third-order valence-corrected chi connectivity index (χ3v) is 4.69. The predicted octanol–water partition coefficient (Wildman–Crippen LogP) is -0.0853. The van der Waals surface area contributed by atoms with E-state index in [0.29, 0.717) is 32.5 Å². The van der Waals surface area contributed by atoms with Gasteiger partial charge in [0, 0.05) is 25.2 Å². The van der Waals surface area contributed by atoms with Crippen LogP contribution >= 0.6 is 0 Å². The summed E-state index contributed by atoms with van der Waals surface area (Å²) in [5.74, 6) is 0.190. The smallest absolute Gasteiger partial charge is 0.236 e. The highest BCUT2D eigenvalue weighted by Crippen LogP contribution is 2.11. The van der Waals surface area contributed by atoms with Crippen LogP contribution in [0.5, 0.6) is 0 Å².